The van der Waals surface area contributed by atoms with Crippen LogP contribution in [0.25, 0.3) is 0 Å². The van der Waals surface area contributed by atoms with Crippen molar-refractivity contribution >= 4 is 15.7 Å². The Labute approximate surface area is 135 Å². The van der Waals surface area contributed by atoms with Crippen LogP contribution in [0.4, 0.5) is 0 Å². The first-order valence-electron chi connectivity index (χ1n) is 7.56. The van der Waals surface area contributed by atoms with Crippen LogP contribution in [0.1, 0.15) is 30.4 Å². The number of hydrogen-bond acceptors (Lipinski definition) is 4. The van der Waals surface area contributed by atoms with Crippen LogP contribution in [-0.2, 0) is 21.2 Å². The summed E-state index contributed by atoms with van der Waals surface area (Å²) in [6.07, 6.45) is 4.51. The van der Waals surface area contributed by atoms with Gasteiger partial charge in [0, 0.05) is 12.1 Å². The van der Waals surface area contributed by atoms with Gasteiger partial charge in [-0.1, -0.05) is 17.7 Å². The summed E-state index contributed by atoms with van der Waals surface area (Å²) >= 11 is 0. The van der Waals surface area contributed by atoms with Crippen LogP contribution < -0.4 is 5.32 Å². The highest BCUT2D eigenvalue weighted by Gasteiger charge is 2.55. The Morgan fingerprint density at radius 3 is 2.43 bits per heavy atom. The molecule has 1 aliphatic rings. The quantitative estimate of drug-likeness (QED) is 0.912. The Morgan fingerprint density at radius 2 is 1.91 bits per heavy atom. The average Bonchev–Trinajstić information content (AvgIpc) is 2.97. The van der Waals surface area contributed by atoms with Gasteiger partial charge in [0.2, 0.25) is 5.91 Å². The number of aryl methyl sites for hydroxylation is 1. The van der Waals surface area contributed by atoms with Crippen LogP contribution in [0, 0.1) is 6.92 Å². The molecule has 0 unspecified atom stereocenters. The van der Waals surface area contributed by atoms with Gasteiger partial charge in [0.25, 0.3) is 0 Å². The van der Waals surface area contributed by atoms with Crippen LogP contribution in [0.5, 0.6) is 0 Å². The number of carbonyl (C=O) groups excluding carboxylic acids is 1. The van der Waals surface area contributed by atoms with E-state index in [2.05, 4.69) is 5.32 Å². The molecule has 0 atom stereocenters. The zero-order valence-corrected chi connectivity index (χ0v) is 13.7. The van der Waals surface area contributed by atoms with E-state index in [1.807, 2.05) is 6.92 Å². The minimum Gasteiger partial charge on any atom is -0.472 e. The summed E-state index contributed by atoms with van der Waals surface area (Å²) in [5.74, 6) is -0.425. The van der Waals surface area contributed by atoms with Crippen LogP contribution in [0.2, 0.25) is 0 Å². The molecular formula is C17H19NO4S. The number of benzene rings is 1. The van der Waals surface area contributed by atoms with Crippen molar-refractivity contribution < 1.29 is 17.6 Å². The van der Waals surface area contributed by atoms with Gasteiger partial charge in [-0.3, -0.25) is 4.79 Å². The minimum atomic E-state index is -3.71. The molecule has 1 amide bonds. The van der Waals surface area contributed by atoms with Crippen LogP contribution in [-0.4, -0.2) is 19.1 Å². The Balaban J connectivity index is 1.84. The topological polar surface area (TPSA) is 76.4 Å². The number of carbonyl (C=O) groups is 1. The molecular weight excluding hydrogens is 314 g/mol. The van der Waals surface area contributed by atoms with E-state index >= 15 is 0 Å². The lowest BCUT2D eigenvalue weighted by atomic mass is 9.83. The number of rotatable bonds is 5. The molecule has 23 heavy (non-hydrogen) atoms. The third kappa shape index (κ3) is 2.67. The lowest BCUT2D eigenvalue weighted by Gasteiger charge is -2.39. The summed E-state index contributed by atoms with van der Waals surface area (Å²) in [4.78, 5) is 12.8. The SMILES string of the molecule is Cc1ccc(S(=O)(=O)C2(C(=O)NCc3ccoc3)CCC2)cc1. The summed E-state index contributed by atoms with van der Waals surface area (Å²) in [5.41, 5.74) is 1.79. The number of furan rings is 1. The van der Waals surface area contributed by atoms with E-state index in [4.69, 9.17) is 4.42 Å². The van der Waals surface area contributed by atoms with Crippen molar-refractivity contribution in [3.8, 4) is 0 Å². The molecule has 1 aromatic carbocycles. The third-order valence-corrected chi connectivity index (χ3v) is 6.97. The fourth-order valence-corrected chi connectivity index (χ4v) is 4.88. The van der Waals surface area contributed by atoms with Gasteiger partial charge in [0.05, 0.1) is 17.4 Å². The average molecular weight is 333 g/mol. The van der Waals surface area contributed by atoms with E-state index in [9.17, 15) is 13.2 Å². The Bertz CT molecular complexity index is 788. The molecule has 0 radical (unpaired) electrons. The smallest absolute Gasteiger partial charge is 0.242 e. The second kappa shape index (κ2) is 5.85. The normalized spacial score (nSPS) is 16.6. The maximum absolute atomic E-state index is 13.0. The Kier molecular flexibility index (Phi) is 4.02. The van der Waals surface area contributed by atoms with E-state index in [1.165, 1.54) is 12.5 Å². The molecule has 2 aromatic rings. The zero-order chi connectivity index (χ0) is 16.5. The number of hydrogen-bond donors (Lipinski definition) is 1. The Morgan fingerprint density at radius 1 is 1.22 bits per heavy atom. The van der Waals surface area contributed by atoms with Gasteiger partial charge in [-0.2, -0.15) is 0 Å². The van der Waals surface area contributed by atoms with Crippen molar-refractivity contribution in [2.24, 2.45) is 0 Å². The second-order valence-electron chi connectivity index (χ2n) is 5.98. The molecule has 1 saturated carbocycles. The highest BCUT2D eigenvalue weighted by Crippen LogP contribution is 2.43. The molecule has 3 rings (SSSR count). The molecule has 1 aliphatic carbocycles. The van der Waals surface area contributed by atoms with Gasteiger partial charge >= 0.3 is 0 Å². The number of nitrogens with one attached hydrogen (secondary N) is 1. The molecule has 0 aliphatic heterocycles. The fraction of sp³-hybridized carbons (Fsp3) is 0.353. The summed E-state index contributed by atoms with van der Waals surface area (Å²) in [6, 6.07) is 8.40. The first-order chi connectivity index (χ1) is 11.0. The maximum Gasteiger partial charge on any atom is 0.242 e. The van der Waals surface area contributed by atoms with E-state index < -0.39 is 20.5 Å². The highest BCUT2D eigenvalue weighted by atomic mass is 32.2. The molecule has 0 bridgehead atoms. The largest absolute Gasteiger partial charge is 0.472 e. The highest BCUT2D eigenvalue weighted by molar-refractivity contribution is 7.93. The monoisotopic (exact) mass is 333 g/mol. The molecule has 1 N–H and O–H groups in total. The van der Waals surface area contributed by atoms with E-state index in [-0.39, 0.29) is 11.4 Å². The van der Waals surface area contributed by atoms with Crippen molar-refractivity contribution in [1.82, 2.24) is 5.32 Å². The van der Waals surface area contributed by atoms with Crippen molar-refractivity contribution in [2.75, 3.05) is 0 Å². The van der Waals surface area contributed by atoms with E-state index in [0.717, 1.165) is 17.5 Å². The van der Waals surface area contributed by atoms with Crippen molar-refractivity contribution in [3.05, 3.63) is 54.0 Å². The van der Waals surface area contributed by atoms with Crippen LogP contribution in [0.3, 0.4) is 0 Å². The molecule has 1 heterocycles. The number of amides is 1. The van der Waals surface area contributed by atoms with Crippen molar-refractivity contribution in [1.29, 1.82) is 0 Å². The van der Waals surface area contributed by atoms with Crippen molar-refractivity contribution in [2.45, 2.75) is 42.4 Å². The molecule has 6 heteroatoms. The predicted molar refractivity (Wildman–Crippen MR) is 85.5 cm³/mol. The number of sulfone groups is 1. The van der Waals surface area contributed by atoms with Gasteiger partial charge < -0.3 is 9.73 Å². The third-order valence-electron chi connectivity index (χ3n) is 4.45. The summed E-state index contributed by atoms with van der Waals surface area (Å²) in [6.45, 7) is 2.16. The van der Waals surface area contributed by atoms with Gasteiger partial charge in [0.1, 0.15) is 0 Å². The van der Waals surface area contributed by atoms with Crippen LogP contribution >= 0.6 is 0 Å². The summed E-state index contributed by atoms with van der Waals surface area (Å²) in [7, 11) is -3.71. The van der Waals surface area contributed by atoms with Crippen molar-refractivity contribution in [3.63, 3.8) is 0 Å². The lowest BCUT2D eigenvalue weighted by molar-refractivity contribution is -0.125. The minimum absolute atomic E-state index is 0.210. The lowest BCUT2D eigenvalue weighted by Crippen LogP contribution is -2.56. The molecule has 0 saturated heterocycles. The summed E-state index contributed by atoms with van der Waals surface area (Å²) < 4.78 is 29.6. The molecule has 0 spiro atoms. The summed E-state index contributed by atoms with van der Waals surface area (Å²) in [5, 5.41) is 2.74. The van der Waals surface area contributed by atoms with Crippen LogP contribution in [0.15, 0.2) is 52.2 Å². The molecule has 1 fully saturated rings. The first-order valence-corrected chi connectivity index (χ1v) is 9.05. The molecule has 5 nitrogen and oxygen atoms in total. The molecule has 1 aromatic heterocycles. The van der Waals surface area contributed by atoms with E-state index in [0.29, 0.717) is 12.8 Å². The predicted octanol–water partition coefficient (Wildman–Crippen LogP) is 2.60. The maximum atomic E-state index is 13.0. The van der Waals surface area contributed by atoms with E-state index in [1.54, 1.807) is 30.3 Å². The van der Waals surface area contributed by atoms with Gasteiger partial charge in [-0.05, 0) is 44.4 Å². The Hall–Kier alpha value is -2.08. The van der Waals surface area contributed by atoms with Gasteiger partial charge in [0.15, 0.2) is 14.6 Å². The fourth-order valence-electron chi connectivity index (χ4n) is 2.80. The standard InChI is InChI=1S/C17H19NO4S/c1-13-3-5-15(6-4-13)23(20,21)17(8-2-9-17)16(19)18-11-14-7-10-22-12-14/h3-7,10,12H,2,8-9,11H2,1H3,(H,18,19). The second-order valence-corrected chi connectivity index (χ2v) is 8.24. The van der Waals surface area contributed by atoms with Gasteiger partial charge in [-0.25, -0.2) is 8.42 Å². The van der Waals surface area contributed by atoms with Gasteiger partial charge in [-0.15, -0.1) is 0 Å². The molecule has 122 valence electrons. The zero-order valence-electron chi connectivity index (χ0n) is 12.9. The first kappa shape index (κ1) is 15.8.